The molecule has 0 aromatic carbocycles. The van der Waals surface area contributed by atoms with E-state index in [1.165, 1.54) is 6.20 Å². The summed E-state index contributed by atoms with van der Waals surface area (Å²) in [6.45, 7) is 4.24. The van der Waals surface area contributed by atoms with E-state index in [2.05, 4.69) is 15.3 Å². The van der Waals surface area contributed by atoms with Crippen LogP contribution >= 0.6 is 0 Å². The summed E-state index contributed by atoms with van der Waals surface area (Å²) in [6, 6.07) is 10.8. The number of pyridine rings is 2. The lowest BCUT2D eigenvalue weighted by atomic mass is 10.2. The number of nitrogens with zero attached hydrogens (tertiary/aromatic N) is 2. The molecule has 0 aliphatic heterocycles. The highest BCUT2D eigenvalue weighted by molar-refractivity contribution is 5.93. The van der Waals surface area contributed by atoms with E-state index in [0.717, 1.165) is 11.3 Å². The second-order valence-corrected chi connectivity index (χ2v) is 5.76. The molecule has 25 heavy (non-hydrogen) atoms. The number of carbonyl (C=O) groups is 1. The van der Waals surface area contributed by atoms with E-state index in [1.54, 1.807) is 24.6 Å². The molecule has 0 saturated carbocycles. The maximum atomic E-state index is 12.2. The molecule has 6 nitrogen and oxygen atoms in total. The molecule has 0 aliphatic carbocycles. The molecule has 3 aromatic rings. The maximum Gasteiger partial charge on any atom is 0.253 e. The SMILES string of the molecule is CC(C)Oc1ccc(C(=O)NCc2ccnc(-c3ccco3)c2)cn1. The third-order valence-corrected chi connectivity index (χ3v) is 3.41. The molecule has 3 rings (SSSR count). The third kappa shape index (κ3) is 4.44. The van der Waals surface area contributed by atoms with Gasteiger partial charge >= 0.3 is 0 Å². The number of aromatic nitrogens is 2. The van der Waals surface area contributed by atoms with Crippen LogP contribution in [-0.2, 0) is 6.54 Å². The van der Waals surface area contributed by atoms with Crippen molar-refractivity contribution in [3.8, 4) is 17.3 Å². The minimum absolute atomic E-state index is 0.0437. The zero-order valence-corrected chi connectivity index (χ0v) is 14.1. The first-order valence-electron chi connectivity index (χ1n) is 8.01. The van der Waals surface area contributed by atoms with Gasteiger partial charge in [-0.05, 0) is 49.7 Å². The van der Waals surface area contributed by atoms with E-state index in [-0.39, 0.29) is 12.0 Å². The summed E-state index contributed by atoms with van der Waals surface area (Å²) >= 11 is 0. The lowest BCUT2D eigenvalue weighted by molar-refractivity contribution is 0.0950. The first-order chi connectivity index (χ1) is 12.1. The average molecular weight is 337 g/mol. The molecule has 0 unspecified atom stereocenters. The summed E-state index contributed by atoms with van der Waals surface area (Å²) in [6.07, 6.45) is 4.85. The van der Waals surface area contributed by atoms with Crippen LogP contribution in [0.2, 0.25) is 0 Å². The van der Waals surface area contributed by atoms with Gasteiger partial charge in [0.25, 0.3) is 5.91 Å². The summed E-state index contributed by atoms with van der Waals surface area (Å²) in [5, 5.41) is 2.87. The highest BCUT2D eigenvalue weighted by Crippen LogP contribution is 2.18. The molecule has 3 aromatic heterocycles. The zero-order valence-electron chi connectivity index (χ0n) is 14.1. The van der Waals surface area contributed by atoms with Crippen molar-refractivity contribution in [2.45, 2.75) is 26.5 Å². The van der Waals surface area contributed by atoms with Gasteiger partial charge in [0.1, 0.15) is 5.69 Å². The van der Waals surface area contributed by atoms with Crippen molar-refractivity contribution in [2.75, 3.05) is 0 Å². The van der Waals surface area contributed by atoms with Gasteiger partial charge in [-0.25, -0.2) is 4.98 Å². The van der Waals surface area contributed by atoms with E-state index in [4.69, 9.17) is 9.15 Å². The molecule has 0 bridgehead atoms. The van der Waals surface area contributed by atoms with Crippen LogP contribution in [0, 0.1) is 0 Å². The second kappa shape index (κ2) is 7.61. The summed E-state index contributed by atoms with van der Waals surface area (Å²) in [4.78, 5) is 20.6. The number of amides is 1. The minimum Gasteiger partial charge on any atom is -0.475 e. The Morgan fingerprint density at radius 2 is 2.12 bits per heavy atom. The van der Waals surface area contributed by atoms with Crippen LogP contribution in [0.15, 0.2) is 59.5 Å². The number of hydrogen-bond donors (Lipinski definition) is 1. The Balaban J connectivity index is 1.61. The molecule has 0 radical (unpaired) electrons. The van der Waals surface area contributed by atoms with Crippen LogP contribution in [0.1, 0.15) is 29.8 Å². The molecule has 128 valence electrons. The fraction of sp³-hybridized carbons (Fsp3) is 0.211. The Morgan fingerprint density at radius 1 is 1.24 bits per heavy atom. The summed E-state index contributed by atoms with van der Waals surface area (Å²) in [7, 11) is 0. The van der Waals surface area contributed by atoms with Gasteiger partial charge < -0.3 is 14.5 Å². The quantitative estimate of drug-likeness (QED) is 0.745. The highest BCUT2D eigenvalue weighted by atomic mass is 16.5. The zero-order chi connectivity index (χ0) is 17.6. The van der Waals surface area contributed by atoms with Crippen molar-refractivity contribution < 1.29 is 13.9 Å². The molecule has 0 fully saturated rings. The van der Waals surface area contributed by atoms with E-state index >= 15 is 0 Å². The van der Waals surface area contributed by atoms with Crippen LogP contribution in [0.25, 0.3) is 11.5 Å². The van der Waals surface area contributed by atoms with Gasteiger partial charge in [0.2, 0.25) is 5.88 Å². The van der Waals surface area contributed by atoms with Crippen molar-refractivity contribution in [3.63, 3.8) is 0 Å². The molecule has 0 saturated heterocycles. The Labute approximate surface area is 145 Å². The Kier molecular flexibility index (Phi) is 5.09. The number of ether oxygens (including phenoxy) is 1. The fourth-order valence-electron chi connectivity index (χ4n) is 2.25. The minimum atomic E-state index is -0.194. The van der Waals surface area contributed by atoms with Gasteiger partial charge in [-0.3, -0.25) is 9.78 Å². The van der Waals surface area contributed by atoms with Crippen LogP contribution in [-0.4, -0.2) is 22.0 Å². The van der Waals surface area contributed by atoms with Gasteiger partial charge in [-0.2, -0.15) is 0 Å². The number of nitrogens with one attached hydrogen (secondary N) is 1. The van der Waals surface area contributed by atoms with Crippen LogP contribution in [0.5, 0.6) is 5.88 Å². The van der Waals surface area contributed by atoms with Gasteiger partial charge in [0.15, 0.2) is 5.76 Å². The molecule has 0 aliphatic rings. The topological polar surface area (TPSA) is 77.2 Å². The van der Waals surface area contributed by atoms with Crippen molar-refractivity contribution in [3.05, 3.63) is 66.2 Å². The third-order valence-electron chi connectivity index (χ3n) is 3.41. The normalized spacial score (nSPS) is 10.7. The molecule has 1 amide bonds. The lowest BCUT2D eigenvalue weighted by Crippen LogP contribution is -2.23. The van der Waals surface area contributed by atoms with Gasteiger partial charge in [0.05, 0.1) is 17.9 Å². The van der Waals surface area contributed by atoms with Crippen molar-refractivity contribution in [1.29, 1.82) is 0 Å². The van der Waals surface area contributed by atoms with Crippen molar-refractivity contribution in [1.82, 2.24) is 15.3 Å². The van der Waals surface area contributed by atoms with Crippen LogP contribution in [0.3, 0.4) is 0 Å². The fourth-order valence-corrected chi connectivity index (χ4v) is 2.25. The molecular weight excluding hydrogens is 318 g/mol. The smallest absolute Gasteiger partial charge is 0.253 e. The highest BCUT2D eigenvalue weighted by Gasteiger charge is 2.08. The van der Waals surface area contributed by atoms with Crippen LogP contribution < -0.4 is 10.1 Å². The standard InChI is InChI=1S/C19H19N3O3/c1-13(2)25-18-6-5-15(12-21-18)19(23)22-11-14-7-8-20-16(10-14)17-4-3-9-24-17/h3-10,12-13H,11H2,1-2H3,(H,22,23). The van der Waals surface area contributed by atoms with E-state index in [0.29, 0.717) is 23.7 Å². The molecule has 0 atom stereocenters. The molecule has 1 N–H and O–H groups in total. The largest absolute Gasteiger partial charge is 0.475 e. The first-order valence-corrected chi connectivity index (χ1v) is 8.01. The van der Waals surface area contributed by atoms with Crippen molar-refractivity contribution in [2.24, 2.45) is 0 Å². The number of hydrogen-bond acceptors (Lipinski definition) is 5. The summed E-state index contributed by atoms with van der Waals surface area (Å²) in [5.74, 6) is 1.00. The second-order valence-electron chi connectivity index (χ2n) is 5.76. The molecule has 0 spiro atoms. The predicted octanol–water partition coefficient (Wildman–Crippen LogP) is 3.45. The summed E-state index contributed by atoms with van der Waals surface area (Å²) < 4.78 is 10.8. The first kappa shape index (κ1) is 16.7. The Morgan fingerprint density at radius 3 is 2.80 bits per heavy atom. The van der Waals surface area contributed by atoms with Gasteiger partial charge in [-0.15, -0.1) is 0 Å². The van der Waals surface area contributed by atoms with E-state index in [9.17, 15) is 4.79 Å². The predicted molar refractivity (Wildman–Crippen MR) is 93.1 cm³/mol. The van der Waals surface area contributed by atoms with E-state index in [1.807, 2.05) is 38.1 Å². The van der Waals surface area contributed by atoms with Crippen LogP contribution in [0.4, 0.5) is 0 Å². The Bertz CT molecular complexity index is 827. The van der Waals surface area contributed by atoms with Crippen molar-refractivity contribution >= 4 is 5.91 Å². The summed E-state index contributed by atoms with van der Waals surface area (Å²) in [5.41, 5.74) is 2.15. The molecule has 6 heteroatoms. The monoisotopic (exact) mass is 337 g/mol. The number of carbonyl (C=O) groups excluding carboxylic acids is 1. The average Bonchev–Trinajstić information content (AvgIpc) is 3.15. The molecular formula is C19H19N3O3. The maximum absolute atomic E-state index is 12.2. The van der Waals surface area contributed by atoms with Gasteiger partial charge in [0, 0.05) is 25.0 Å². The number of rotatable bonds is 6. The Hall–Kier alpha value is -3.15. The van der Waals surface area contributed by atoms with E-state index < -0.39 is 0 Å². The van der Waals surface area contributed by atoms with Gasteiger partial charge in [-0.1, -0.05) is 0 Å². The lowest BCUT2D eigenvalue weighted by Gasteiger charge is -2.09. The number of furan rings is 1. The molecule has 3 heterocycles.